The van der Waals surface area contributed by atoms with Crippen LogP contribution in [0.15, 0.2) is 10.8 Å². The maximum absolute atomic E-state index is 10.4. The molecule has 0 spiro atoms. The summed E-state index contributed by atoms with van der Waals surface area (Å²) >= 11 is 0. The van der Waals surface area contributed by atoms with Crippen LogP contribution in [0.1, 0.15) is 12.6 Å². The van der Waals surface area contributed by atoms with Gasteiger partial charge in [-0.3, -0.25) is 4.79 Å². The number of ketones is 1. The number of carbonyl (C=O) groups excluding carboxylic acids is 1. The van der Waals surface area contributed by atoms with Gasteiger partial charge in [-0.2, -0.15) is 0 Å². The number of nitrogens with zero attached hydrogens (tertiary/aromatic N) is 2. The highest BCUT2D eigenvalue weighted by molar-refractivity contribution is 5.77. The maximum Gasteiger partial charge on any atom is 0.147 e. The summed E-state index contributed by atoms with van der Waals surface area (Å²) in [5.74, 6) is 0.0608. The zero-order valence-electron chi connectivity index (χ0n) is 5.00. The van der Waals surface area contributed by atoms with E-state index in [1.54, 1.807) is 0 Å². The number of rotatable bonds is 2. The van der Waals surface area contributed by atoms with Crippen LogP contribution in [0, 0.1) is 0 Å². The first-order chi connectivity index (χ1) is 4.29. The standard InChI is InChI=1S/C5H6N2O2/c1-4(8)2-5-3-9-7-6-5/h3H,2H2,1H3. The van der Waals surface area contributed by atoms with Crippen LogP contribution in [0.4, 0.5) is 0 Å². The molecule has 9 heavy (non-hydrogen) atoms. The fraction of sp³-hybridized carbons (Fsp3) is 0.400. The SMILES string of the molecule is CC(=O)Cc1conn1. The number of aromatic nitrogens is 2. The summed E-state index contributed by atoms with van der Waals surface area (Å²) in [5, 5.41) is 6.72. The molecule has 4 heteroatoms. The summed E-state index contributed by atoms with van der Waals surface area (Å²) in [6.07, 6.45) is 1.67. The lowest BCUT2D eigenvalue weighted by molar-refractivity contribution is -0.116. The molecule has 0 amide bonds. The molecule has 0 aromatic carbocycles. The Bertz CT molecular complexity index is 193. The molecule has 0 aliphatic carbocycles. The molecule has 4 nitrogen and oxygen atoms in total. The van der Waals surface area contributed by atoms with Gasteiger partial charge in [0.25, 0.3) is 0 Å². The van der Waals surface area contributed by atoms with Crippen molar-refractivity contribution in [3.05, 3.63) is 12.0 Å². The highest BCUT2D eigenvalue weighted by Gasteiger charge is 1.99. The molecule has 0 saturated heterocycles. The van der Waals surface area contributed by atoms with Crippen LogP contribution in [-0.2, 0) is 11.2 Å². The fourth-order valence-electron chi connectivity index (χ4n) is 0.516. The molecule has 0 aliphatic rings. The molecule has 0 bridgehead atoms. The number of carbonyl (C=O) groups is 1. The molecular formula is C5H6N2O2. The first-order valence-electron chi connectivity index (χ1n) is 2.54. The number of hydrogen-bond donors (Lipinski definition) is 0. The Kier molecular flexibility index (Phi) is 1.58. The second kappa shape index (κ2) is 2.39. The van der Waals surface area contributed by atoms with Crippen molar-refractivity contribution < 1.29 is 9.32 Å². The molecule has 0 aliphatic heterocycles. The van der Waals surface area contributed by atoms with E-state index in [2.05, 4.69) is 14.9 Å². The minimum absolute atomic E-state index is 0.0608. The Morgan fingerprint density at radius 2 is 2.67 bits per heavy atom. The summed E-state index contributed by atoms with van der Waals surface area (Å²) < 4.78 is 4.40. The van der Waals surface area contributed by atoms with Crippen LogP contribution in [0.25, 0.3) is 0 Å². The van der Waals surface area contributed by atoms with E-state index in [9.17, 15) is 4.79 Å². The predicted molar refractivity (Wildman–Crippen MR) is 28.7 cm³/mol. The first kappa shape index (κ1) is 5.94. The van der Waals surface area contributed by atoms with Gasteiger partial charge in [-0.15, -0.1) is 5.10 Å². The third-order valence-corrected chi connectivity index (χ3v) is 0.835. The summed E-state index contributed by atoms with van der Waals surface area (Å²) in [7, 11) is 0. The average Bonchev–Trinajstić information content (AvgIpc) is 2.15. The molecule has 48 valence electrons. The van der Waals surface area contributed by atoms with Crippen LogP contribution >= 0.6 is 0 Å². The topological polar surface area (TPSA) is 56.0 Å². The Morgan fingerprint density at radius 3 is 3.11 bits per heavy atom. The first-order valence-corrected chi connectivity index (χ1v) is 2.54. The van der Waals surface area contributed by atoms with E-state index < -0.39 is 0 Å². The third kappa shape index (κ3) is 1.64. The Hall–Kier alpha value is -1.19. The minimum Gasteiger partial charge on any atom is -0.345 e. The van der Waals surface area contributed by atoms with Crippen molar-refractivity contribution in [3.8, 4) is 0 Å². The molecule has 0 saturated carbocycles. The second-order valence-corrected chi connectivity index (χ2v) is 1.78. The molecule has 0 unspecified atom stereocenters. The van der Waals surface area contributed by atoms with E-state index in [0.717, 1.165) is 0 Å². The van der Waals surface area contributed by atoms with Crippen LogP contribution in [0.5, 0.6) is 0 Å². The lowest BCUT2D eigenvalue weighted by Crippen LogP contribution is -1.95. The van der Waals surface area contributed by atoms with E-state index in [-0.39, 0.29) is 5.78 Å². The van der Waals surface area contributed by atoms with Gasteiger partial charge in [0.05, 0.1) is 6.42 Å². The number of hydrogen-bond acceptors (Lipinski definition) is 4. The van der Waals surface area contributed by atoms with Gasteiger partial charge in [-0.25, -0.2) is 0 Å². The average molecular weight is 126 g/mol. The summed E-state index contributed by atoms with van der Waals surface area (Å²) in [4.78, 5) is 10.4. The molecule has 0 atom stereocenters. The highest BCUT2D eigenvalue weighted by Crippen LogP contribution is 1.92. The van der Waals surface area contributed by atoms with E-state index in [0.29, 0.717) is 12.1 Å². The van der Waals surface area contributed by atoms with Gasteiger partial charge in [-0.05, 0) is 6.92 Å². The molecule has 1 aromatic rings. The predicted octanol–water partition coefficient (Wildman–Crippen LogP) is 0.201. The zero-order valence-corrected chi connectivity index (χ0v) is 5.00. The van der Waals surface area contributed by atoms with E-state index in [1.165, 1.54) is 13.2 Å². The zero-order chi connectivity index (χ0) is 6.69. The number of Topliss-reactive ketones (excluding diaryl/α,β-unsaturated/α-hetero) is 1. The molecule has 0 radical (unpaired) electrons. The Labute approximate surface area is 51.8 Å². The van der Waals surface area contributed by atoms with Gasteiger partial charge in [0, 0.05) is 5.27 Å². The van der Waals surface area contributed by atoms with Crippen molar-refractivity contribution in [1.82, 2.24) is 10.4 Å². The molecule has 1 heterocycles. The molecule has 1 aromatic heterocycles. The minimum atomic E-state index is 0.0608. The van der Waals surface area contributed by atoms with Gasteiger partial charge < -0.3 is 4.52 Å². The van der Waals surface area contributed by atoms with Gasteiger partial charge in [0.2, 0.25) is 0 Å². The molecule has 0 fully saturated rings. The molecule has 0 N–H and O–H groups in total. The quantitative estimate of drug-likeness (QED) is 0.568. The van der Waals surface area contributed by atoms with E-state index in [4.69, 9.17) is 0 Å². The fourth-order valence-corrected chi connectivity index (χ4v) is 0.516. The van der Waals surface area contributed by atoms with Crippen LogP contribution in [0.2, 0.25) is 0 Å². The van der Waals surface area contributed by atoms with Gasteiger partial charge >= 0.3 is 0 Å². The highest BCUT2D eigenvalue weighted by atomic mass is 16.5. The Morgan fingerprint density at radius 1 is 1.89 bits per heavy atom. The monoisotopic (exact) mass is 126 g/mol. The van der Waals surface area contributed by atoms with Crippen molar-refractivity contribution in [2.75, 3.05) is 0 Å². The Balaban J connectivity index is 2.58. The van der Waals surface area contributed by atoms with Crippen molar-refractivity contribution in [2.45, 2.75) is 13.3 Å². The lowest BCUT2D eigenvalue weighted by atomic mass is 10.3. The van der Waals surface area contributed by atoms with Crippen LogP contribution in [0.3, 0.4) is 0 Å². The normalized spacial score (nSPS) is 9.44. The van der Waals surface area contributed by atoms with E-state index in [1.807, 2.05) is 0 Å². The van der Waals surface area contributed by atoms with Gasteiger partial charge in [0.15, 0.2) is 0 Å². The third-order valence-electron chi connectivity index (χ3n) is 0.835. The van der Waals surface area contributed by atoms with Crippen molar-refractivity contribution >= 4 is 5.78 Å². The summed E-state index contributed by atoms with van der Waals surface area (Å²) in [6, 6.07) is 0. The second-order valence-electron chi connectivity index (χ2n) is 1.78. The lowest BCUT2D eigenvalue weighted by Gasteiger charge is -1.82. The largest absolute Gasteiger partial charge is 0.345 e. The van der Waals surface area contributed by atoms with Gasteiger partial charge in [-0.1, -0.05) is 0 Å². The molecule has 1 rings (SSSR count). The smallest absolute Gasteiger partial charge is 0.147 e. The van der Waals surface area contributed by atoms with Crippen molar-refractivity contribution in [3.63, 3.8) is 0 Å². The molecular weight excluding hydrogens is 120 g/mol. The van der Waals surface area contributed by atoms with Crippen molar-refractivity contribution in [1.29, 1.82) is 0 Å². The summed E-state index contributed by atoms with van der Waals surface area (Å²) in [6.45, 7) is 1.49. The van der Waals surface area contributed by atoms with Crippen molar-refractivity contribution in [2.24, 2.45) is 0 Å². The van der Waals surface area contributed by atoms with Crippen LogP contribution in [-0.4, -0.2) is 16.2 Å². The summed E-state index contributed by atoms with van der Waals surface area (Å²) in [5.41, 5.74) is 0.586. The maximum atomic E-state index is 10.4. The van der Waals surface area contributed by atoms with E-state index >= 15 is 0 Å². The van der Waals surface area contributed by atoms with Gasteiger partial charge in [0.1, 0.15) is 17.7 Å². The van der Waals surface area contributed by atoms with Crippen LogP contribution < -0.4 is 0 Å².